The van der Waals surface area contributed by atoms with E-state index in [0.717, 1.165) is 6.20 Å². The first-order valence-electron chi connectivity index (χ1n) is 7.81. The molecule has 0 saturated carbocycles. The molecule has 0 aliphatic carbocycles. The summed E-state index contributed by atoms with van der Waals surface area (Å²) in [5.41, 5.74) is 1.56. The molecule has 0 bridgehead atoms. The van der Waals surface area contributed by atoms with Crippen LogP contribution in [0.5, 0.6) is 11.6 Å². The Labute approximate surface area is 152 Å². The lowest BCUT2D eigenvalue weighted by Crippen LogP contribution is -1.88. The molecule has 8 heteroatoms. The zero-order valence-corrected chi connectivity index (χ0v) is 13.7. The molecule has 27 heavy (non-hydrogen) atoms. The fourth-order valence-corrected chi connectivity index (χ4v) is 2.25. The Morgan fingerprint density at radius 1 is 0.963 bits per heavy atom. The summed E-state index contributed by atoms with van der Waals surface area (Å²) in [6.07, 6.45) is 2.53. The van der Waals surface area contributed by atoms with E-state index in [1.54, 1.807) is 36.4 Å². The SMILES string of the molecule is N#Cc1ccc(Oc2ccc(-c3nc(-c4ccc(F)cn4)no3)cc2)nc1. The van der Waals surface area contributed by atoms with Gasteiger partial charge < -0.3 is 9.26 Å². The van der Waals surface area contributed by atoms with Gasteiger partial charge in [-0.1, -0.05) is 5.16 Å². The van der Waals surface area contributed by atoms with Crippen LogP contribution in [0.25, 0.3) is 23.0 Å². The highest BCUT2D eigenvalue weighted by Gasteiger charge is 2.12. The first kappa shape index (κ1) is 16.4. The van der Waals surface area contributed by atoms with E-state index in [1.165, 1.54) is 18.3 Å². The molecule has 0 N–H and O–H groups in total. The van der Waals surface area contributed by atoms with Crippen LogP contribution in [0.3, 0.4) is 0 Å². The topological polar surface area (TPSA) is 97.7 Å². The molecule has 0 unspecified atom stereocenters. The standard InChI is InChI=1S/C19H10FN5O2/c20-14-4-7-16(22-11-14)18-24-19(27-25-18)13-2-5-15(6-3-13)26-17-8-1-12(9-21)10-23-17/h1-8,10-11H. The van der Waals surface area contributed by atoms with Crippen molar-refractivity contribution in [3.05, 3.63) is 72.3 Å². The van der Waals surface area contributed by atoms with Crippen LogP contribution in [0.2, 0.25) is 0 Å². The van der Waals surface area contributed by atoms with Gasteiger partial charge in [-0.15, -0.1) is 0 Å². The van der Waals surface area contributed by atoms with Gasteiger partial charge in [0.05, 0.1) is 11.8 Å². The van der Waals surface area contributed by atoms with E-state index in [2.05, 4.69) is 20.1 Å². The lowest BCUT2D eigenvalue weighted by atomic mass is 10.2. The molecule has 0 aliphatic rings. The molecule has 130 valence electrons. The van der Waals surface area contributed by atoms with Gasteiger partial charge in [-0.2, -0.15) is 10.2 Å². The number of rotatable bonds is 4. The second kappa shape index (κ2) is 7.01. The normalized spacial score (nSPS) is 10.4. The molecule has 4 aromatic rings. The molecule has 7 nitrogen and oxygen atoms in total. The van der Waals surface area contributed by atoms with Crippen molar-refractivity contribution in [2.75, 3.05) is 0 Å². The third kappa shape index (κ3) is 3.62. The van der Waals surface area contributed by atoms with Crippen LogP contribution in [-0.4, -0.2) is 20.1 Å². The molecule has 0 radical (unpaired) electrons. The van der Waals surface area contributed by atoms with Crippen LogP contribution in [-0.2, 0) is 0 Å². The van der Waals surface area contributed by atoms with Gasteiger partial charge in [0.25, 0.3) is 5.89 Å². The molecule has 3 aromatic heterocycles. The van der Waals surface area contributed by atoms with Gasteiger partial charge in [-0.05, 0) is 42.5 Å². The maximum absolute atomic E-state index is 12.9. The maximum atomic E-state index is 12.9. The summed E-state index contributed by atoms with van der Waals surface area (Å²) in [4.78, 5) is 12.2. The van der Waals surface area contributed by atoms with Crippen LogP contribution < -0.4 is 4.74 Å². The predicted molar refractivity (Wildman–Crippen MR) is 91.9 cm³/mol. The summed E-state index contributed by atoms with van der Waals surface area (Å²) in [5, 5.41) is 12.6. The minimum Gasteiger partial charge on any atom is -0.439 e. The van der Waals surface area contributed by atoms with Crippen LogP contribution >= 0.6 is 0 Å². The minimum atomic E-state index is -0.435. The Balaban J connectivity index is 1.50. The van der Waals surface area contributed by atoms with Gasteiger partial charge in [0.15, 0.2) is 0 Å². The third-order valence-electron chi connectivity index (χ3n) is 3.57. The van der Waals surface area contributed by atoms with Crippen molar-refractivity contribution < 1.29 is 13.7 Å². The Morgan fingerprint density at radius 2 is 1.81 bits per heavy atom. The average Bonchev–Trinajstić information content (AvgIpc) is 3.20. The summed E-state index contributed by atoms with van der Waals surface area (Å²) in [6, 6.07) is 15.0. The Morgan fingerprint density at radius 3 is 2.48 bits per heavy atom. The zero-order chi connectivity index (χ0) is 18.6. The molecule has 1 aromatic carbocycles. The number of nitrogens with zero attached hydrogens (tertiary/aromatic N) is 5. The first-order valence-corrected chi connectivity index (χ1v) is 7.81. The van der Waals surface area contributed by atoms with Crippen LogP contribution in [0.4, 0.5) is 4.39 Å². The molecule has 0 amide bonds. The number of aromatic nitrogens is 4. The number of benzene rings is 1. The van der Waals surface area contributed by atoms with E-state index in [0.29, 0.717) is 34.3 Å². The van der Waals surface area contributed by atoms with Gasteiger partial charge in [0.2, 0.25) is 11.7 Å². The monoisotopic (exact) mass is 359 g/mol. The fraction of sp³-hybridized carbons (Fsp3) is 0. The second-order valence-electron chi connectivity index (χ2n) is 5.41. The quantitative estimate of drug-likeness (QED) is 0.543. The summed E-state index contributed by atoms with van der Waals surface area (Å²) in [7, 11) is 0. The van der Waals surface area contributed by atoms with E-state index in [1.807, 2.05) is 6.07 Å². The van der Waals surface area contributed by atoms with Crippen LogP contribution in [0.1, 0.15) is 5.56 Å². The summed E-state index contributed by atoms with van der Waals surface area (Å²) in [5.74, 6) is 1.08. The highest BCUT2D eigenvalue weighted by Crippen LogP contribution is 2.25. The van der Waals surface area contributed by atoms with Crippen molar-refractivity contribution in [3.8, 4) is 40.7 Å². The van der Waals surface area contributed by atoms with Crippen molar-refractivity contribution in [1.29, 1.82) is 5.26 Å². The maximum Gasteiger partial charge on any atom is 0.258 e. The van der Waals surface area contributed by atoms with Crippen molar-refractivity contribution in [1.82, 2.24) is 20.1 Å². The molecule has 0 aliphatic heterocycles. The predicted octanol–water partition coefficient (Wildman–Crippen LogP) is 4.00. The highest BCUT2D eigenvalue weighted by atomic mass is 19.1. The second-order valence-corrected chi connectivity index (χ2v) is 5.41. The fourth-order valence-electron chi connectivity index (χ4n) is 2.25. The summed E-state index contributed by atoms with van der Waals surface area (Å²) >= 11 is 0. The van der Waals surface area contributed by atoms with Gasteiger partial charge in [0, 0.05) is 17.8 Å². The number of hydrogen-bond acceptors (Lipinski definition) is 7. The highest BCUT2D eigenvalue weighted by molar-refractivity contribution is 5.58. The summed E-state index contributed by atoms with van der Waals surface area (Å²) in [6.45, 7) is 0. The lowest BCUT2D eigenvalue weighted by Gasteiger charge is -2.04. The van der Waals surface area contributed by atoms with E-state index < -0.39 is 5.82 Å². The molecule has 3 heterocycles. The zero-order valence-electron chi connectivity index (χ0n) is 13.7. The smallest absolute Gasteiger partial charge is 0.258 e. The first-order chi connectivity index (χ1) is 13.2. The van der Waals surface area contributed by atoms with Gasteiger partial charge in [0.1, 0.15) is 23.3 Å². The Kier molecular flexibility index (Phi) is 4.25. The molecule has 0 fully saturated rings. The molecular weight excluding hydrogens is 349 g/mol. The van der Waals surface area contributed by atoms with Crippen molar-refractivity contribution in [2.45, 2.75) is 0 Å². The van der Waals surface area contributed by atoms with E-state index >= 15 is 0 Å². The number of pyridine rings is 2. The van der Waals surface area contributed by atoms with E-state index in [9.17, 15) is 4.39 Å². The largest absolute Gasteiger partial charge is 0.439 e. The van der Waals surface area contributed by atoms with Gasteiger partial charge in [-0.25, -0.2) is 14.4 Å². The number of ether oxygens (including phenoxy) is 1. The van der Waals surface area contributed by atoms with Crippen LogP contribution in [0, 0.1) is 17.1 Å². The van der Waals surface area contributed by atoms with Crippen LogP contribution in [0.15, 0.2) is 65.4 Å². The number of hydrogen-bond donors (Lipinski definition) is 0. The van der Waals surface area contributed by atoms with Gasteiger partial charge >= 0.3 is 0 Å². The molecule has 4 rings (SSSR count). The Hall–Kier alpha value is -4.12. The number of nitriles is 1. The van der Waals surface area contributed by atoms with E-state index in [4.69, 9.17) is 14.5 Å². The van der Waals surface area contributed by atoms with Crippen molar-refractivity contribution in [3.63, 3.8) is 0 Å². The third-order valence-corrected chi connectivity index (χ3v) is 3.57. The minimum absolute atomic E-state index is 0.270. The molecular formula is C19H10FN5O2. The average molecular weight is 359 g/mol. The van der Waals surface area contributed by atoms with E-state index in [-0.39, 0.29) is 5.82 Å². The lowest BCUT2D eigenvalue weighted by molar-refractivity contribution is 0.432. The molecule has 0 atom stereocenters. The molecule has 0 saturated heterocycles. The van der Waals surface area contributed by atoms with Crippen molar-refractivity contribution in [2.24, 2.45) is 0 Å². The number of halogens is 1. The Bertz CT molecular complexity index is 1100. The molecule has 0 spiro atoms. The summed E-state index contributed by atoms with van der Waals surface area (Å²) < 4.78 is 23.8. The van der Waals surface area contributed by atoms with Gasteiger partial charge in [-0.3, -0.25) is 0 Å². The van der Waals surface area contributed by atoms with Crippen molar-refractivity contribution >= 4 is 0 Å².